The molecule has 1 aliphatic rings. The summed E-state index contributed by atoms with van der Waals surface area (Å²) in [5.74, 6) is 1.36. The molecular weight excluding hydrogens is 364 g/mol. The number of rotatable bonds is 2. The van der Waals surface area contributed by atoms with E-state index < -0.39 is 0 Å². The molecule has 0 spiro atoms. The zero-order chi connectivity index (χ0) is 15.7. The third-order valence-corrected chi connectivity index (χ3v) is 4.90. The van der Waals surface area contributed by atoms with E-state index in [9.17, 15) is 4.79 Å². The lowest BCUT2D eigenvalue weighted by atomic mass is 10.2. The lowest BCUT2D eigenvalue weighted by molar-refractivity contribution is -0.121. The third kappa shape index (κ3) is 2.89. The van der Waals surface area contributed by atoms with Crippen LogP contribution in [0.4, 0.5) is 0 Å². The Balaban J connectivity index is 1.87. The Morgan fingerprint density at radius 1 is 1.23 bits per heavy atom. The van der Waals surface area contributed by atoms with Gasteiger partial charge in [-0.1, -0.05) is 28.1 Å². The standard InChI is InChI=1S/C16H13BrN2O2S/c1-18-16-19(2)15(20)14(22-16)9-12-7-8-13(21-12)10-3-5-11(17)6-4-10/h3-9H,1-2H3/b14-9-,18-16?. The number of amides is 1. The zero-order valence-electron chi connectivity index (χ0n) is 12.0. The number of hydrogen-bond acceptors (Lipinski definition) is 4. The monoisotopic (exact) mass is 376 g/mol. The molecule has 0 atom stereocenters. The van der Waals surface area contributed by atoms with Crippen LogP contribution in [0.15, 0.2) is 55.2 Å². The molecule has 1 saturated heterocycles. The first-order valence-electron chi connectivity index (χ1n) is 6.58. The fraction of sp³-hybridized carbons (Fsp3) is 0.125. The van der Waals surface area contributed by atoms with Crippen LogP contribution in [0.2, 0.25) is 0 Å². The molecule has 6 heteroatoms. The second-order valence-electron chi connectivity index (χ2n) is 4.69. The van der Waals surface area contributed by atoms with Gasteiger partial charge >= 0.3 is 0 Å². The van der Waals surface area contributed by atoms with Gasteiger partial charge in [0.2, 0.25) is 0 Å². The Hall–Kier alpha value is -1.79. The highest BCUT2D eigenvalue weighted by Crippen LogP contribution is 2.32. The summed E-state index contributed by atoms with van der Waals surface area (Å²) in [6.45, 7) is 0. The van der Waals surface area contributed by atoms with Gasteiger partial charge in [-0.2, -0.15) is 0 Å². The van der Waals surface area contributed by atoms with Crippen molar-refractivity contribution in [1.82, 2.24) is 4.90 Å². The van der Waals surface area contributed by atoms with Gasteiger partial charge < -0.3 is 4.42 Å². The van der Waals surface area contributed by atoms with E-state index >= 15 is 0 Å². The Kier molecular flexibility index (Phi) is 4.22. The van der Waals surface area contributed by atoms with Crippen molar-refractivity contribution in [2.24, 2.45) is 4.99 Å². The summed E-state index contributed by atoms with van der Waals surface area (Å²) >= 11 is 4.76. The Morgan fingerprint density at radius 2 is 1.95 bits per heavy atom. The minimum Gasteiger partial charge on any atom is -0.457 e. The highest BCUT2D eigenvalue weighted by atomic mass is 79.9. The molecule has 0 bridgehead atoms. The molecule has 0 saturated carbocycles. The molecule has 1 aliphatic heterocycles. The van der Waals surface area contributed by atoms with E-state index in [-0.39, 0.29) is 5.91 Å². The number of carbonyl (C=O) groups is 1. The summed E-state index contributed by atoms with van der Waals surface area (Å²) in [6.07, 6.45) is 1.75. The van der Waals surface area contributed by atoms with Crippen molar-refractivity contribution >= 4 is 44.8 Å². The normalized spacial score (nSPS) is 18.7. The van der Waals surface area contributed by atoms with Crippen molar-refractivity contribution < 1.29 is 9.21 Å². The van der Waals surface area contributed by atoms with Gasteiger partial charge in [0.1, 0.15) is 11.5 Å². The van der Waals surface area contributed by atoms with Gasteiger partial charge in [-0.3, -0.25) is 14.7 Å². The van der Waals surface area contributed by atoms with Gasteiger partial charge in [0.15, 0.2) is 5.17 Å². The predicted octanol–water partition coefficient (Wildman–Crippen LogP) is 4.24. The molecule has 1 amide bonds. The highest BCUT2D eigenvalue weighted by Gasteiger charge is 2.29. The largest absolute Gasteiger partial charge is 0.457 e. The number of likely N-dealkylation sites (N-methyl/N-ethyl adjacent to an activating group) is 1. The molecule has 0 N–H and O–H groups in total. The first-order valence-corrected chi connectivity index (χ1v) is 8.19. The van der Waals surface area contributed by atoms with Crippen LogP contribution >= 0.6 is 27.7 Å². The van der Waals surface area contributed by atoms with E-state index in [1.165, 1.54) is 16.7 Å². The van der Waals surface area contributed by atoms with Crippen molar-refractivity contribution in [3.63, 3.8) is 0 Å². The average molecular weight is 377 g/mol. The molecule has 3 rings (SSSR count). The van der Waals surface area contributed by atoms with Crippen LogP contribution in [-0.4, -0.2) is 30.1 Å². The number of aliphatic imine (C=N–C) groups is 1. The fourth-order valence-corrected chi connectivity index (χ4v) is 3.25. The topological polar surface area (TPSA) is 45.8 Å². The molecule has 1 aromatic carbocycles. The van der Waals surface area contributed by atoms with E-state index in [0.29, 0.717) is 15.8 Å². The third-order valence-electron chi connectivity index (χ3n) is 3.22. The van der Waals surface area contributed by atoms with Crippen LogP contribution in [0, 0.1) is 0 Å². The molecule has 2 heterocycles. The first kappa shape index (κ1) is 15.1. The number of benzene rings is 1. The molecule has 1 fully saturated rings. The van der Waals surface area contributed by atoms with Gasteiger partial charge in [0.25, 0.3) is 5.91 Å². The molecule has 0 radical (unpaired) electrons. The average Bonchev–Trinajstić information content (AvgIpc) is 3.08. The maximum absolute atomic E-state index is 12.1. The molecule has 22 heavy (non-hydrogen) atoms. The van der Waals surface area contributed by atoms with E-state index in [1.807, 2.05) is 36.4 Å². The van der Waals surface area contributed by atoms with E-state index in [0.717, 1.165) is 15.8 Å². The van der Waals surface area contributed by atoms with Crippen LogP contribution < -0.4 is 0 Å². The number of carbonyl (C=O) groups excluding carboxylic acids is 1. The lowest BCUT2D eigenvalue weighted by Crippen LogP contribution is -2.23. The van der Waals surface area contributed by atoms with Gasteiger partial charge in [0, 0.05) is 30.2 Å². The number of furan rings is 1. The molecule has 1 aromatic heterocycles. The number of halogens is 1. The number of nitrogens with zero attached hydrogens (tertiary/aromatic N) is 2. The van der Waals surface area contributed by atoms with E-state index in [1.54, 1.807) is 20.2 Å². The Morgan fingerprint density at radius 3 is 2.59 bits per heavy atom. The molecule has 2 aromatic rings. The minimum atomic E-state index is -0.0628. The molecule has 112 valence electrons. The predicted molar refractivity (Wildman–Crippen MR) is 93.5 cm³/mol. The smallest absolute Gasteiger partial charge is 0.266 e. The van der Waals surface area contributed by atoms with Crippen LogP contribution in [0.5, 0.6) is 0 Å². The van der Waals surface area contributed by atoms with Gasteiger partial charge in [0.05, 0.1) is 4.91 Å². The van der Waals surface area contributed by atoms with Crippen LogP contribution in [0.1, 0.15) is 5.76 Å². The van der Waals surface area contributed by atoms with Crippen LogP contribution in [0.25, 0.3) is 17.4 Å². The van der Waals surface area contributed by atoms with Crippen molar-refractivity contribution in [2.45, 2.75) is 0 Å². The highest BCUT2D eigenvalue weighted by molar-refractivity contribution is 9.10. The molecular formula is C16H13BrN2O2S. The summed E-state index contributed by atoms with van der Waals surface area (Å²) in [7, 11) is 3.39. The van der Waals surface area contributed by atoms with Crippen molar-refractivity contribution in [3.8, 4) is 11.3 Å². The maximum Gasteiger partial charge on any atom is 0.266 e. The van der Waals surface area contributed by atoms with Crippen molar-refractivity contribution in [2.75, 3.05) is 14.1 Å². The number of hydrogen-bond donors (Lipinski definition) is 0. The summed E-state index contributed by atoms with van der Waals surface area (Å²) in [6, 6.07) is 11.6. The second kappa shape index (κ2) is 6.14. The molecule has 0 aliphatic carbocycles. The molecule has 4 nitrogen and oxygen atoms in total. The Labute approximate surface area is 141 Å². The second-order valence-corrected chi connectivity index (χ2v) is 6.61. The maximum atomic E-state index is 12.1. The Bertz CT molecular complexity index is 778. The van der Waals surface area contributed by atoms with Crippen LogP contribution in [-0.2, 0) is 4.79 Å². The summed E-state index contributed by atoms with van der Waals surface area (Å²) in [4.78, 5) is 18.3. The van der Waals surface area contributed by atoms with Gasteiger partial charge in [-0.05, 0) is 36.0 Å². The van der Waals surface area contributed by atoms with E-state index in [4.69, 9.17) is 4.42 Å². The van der Waals surface area contributed by atoms with Crippen molar-refractivity contribution in [3.05, 3.63) is 51.5 Å². The van der Waals surface area contributed by atoms with Gasteiger partial charge in [-0.25, -0.2) is 0 Å². The molecule has 0 unspecified atom stereocenters. The lowest BCUT2D eigenvalue weighted by Gasteiger charge is -2.04. The minimum absolute atomic E-state index is 0.0628. The first-order chi connectivity index (χ1) is 10.6. The quantitative estimate of drug-likeness (QED) is 0.736. The summed E-state index contributed by atoms with van der Waals surface area (Å²) < 4.78 is 6.83. The van der Waals surface area contributed by atoms with E-state index in [2.05, 4.69) is 20.9 Å². The van der Waals surface area contributed by atoms with Crippen LogP contribution in [0.3, 0.4) is 0 Å². The number of thioether (sulfide) groups is 1. The summed E-state index contributed by atoms with van der Waals surface area (Å²) in [5, 5.41) is 0.691. The van der Waals surface area contributed by atoms with Gasteiger partial charge in [-0.15, -0.1) is 0 Å². The fourth-order valence-electron chi connectivity index (χ4n) is 2.08. The van der Waals surface area contributed by atoms with Crippen molar-refractivity contribution in [1.29, 1.82) is 0 Å². The SMILES string of the molecule is CN=C1S/C(=C\c2ccc(-c3ccc(Br)cc3)o2)C(=O)N1C. The zero-order valence-corrected chi connectivity index (χ0v) is 14.4. The number of amidine groups is 1. The summed E-state index contributed by atoms with van der Waals surface area (Å²) in [5.41, 5.74) is 0.992.